The van der Waals surface area contributed by atoms with E-state index in [1.54, 1.807) is 12.4 Å². The fraction of sp³-hybridized carbons (Fsp3) is 0.278. The predicted octanol–water partition coefficient (Wildman–Crippen LogP) is 2.91. The van der Waals surface area contributed by atoms with E-state index in [-0.39, 0.29) is 0 Å². The number of aromatic nitrogens is 4. The molecule has 0 saturated carbocycles. The summed E-state index contributed by atoms with van der Waals surface area (Å²) in [6.45, 7) is 5.33. The van der Waals surface area contributed by atoms with E-state index in [1.807, 2.05) is 51.4 Å². The summed E-state index contributed by atoms with van der Waals surface area (Å²) in [4.78, 5) is 12.9. The molecule has 6 heteroatoms. The van der Waals surface area contributed by atoms with Crippen molar-refractivity contribution in [1.29, 1.82) is 0 Å². The van der Waals surface area contributed by atoms with Crippen LogP contribution in [0.3, 0.4) is 0 Å². The fourth-order valence-electron chi connectivity index (χ4n) is 2.32. The van der Waals surface area contributed by atoms with Crippen LogP contribution in [-0.4, -0.2) is 19.5 Å². The van der Waals surface area contributed by atoms with Gasteiger partial charge in [-0.05, 0) is 32.0 Å². The molecule has 0 unspecified atom stereocenters. The number of ether oxygens (including phenoxy) is 1. The molecule has 0 bridgehead atoms. The van der Waals surface area contributed by atoms with Gasteiger partial charge in [0.25, 0.3) is 0 Å². The minimum absolute atomic E-state index is 0.594. The predicted molar refractivity (Wildman–Crippen MR) is 91.8 cm³/mol. The van der Waals surface area contributed by atoms with Crippen molar-refractivity contribution in [3.63, 3.8) is 0 Å². The number of hydrogen-bond donors (Lipinski definition) is 1. The van der Waals surface area contributed by atoms with Crippen molar-refractivity contribution < 1.29 is 4.74 Å². The number of pyridine rings is 2. The molecule has 1 N–H and O–H groups in total. The van der Waals surface area contributed by atoms with Crippen molar-refractivity contribution in [1.82, 2.24) is 24.8 Å². The Bertz CT molecular complexity index is 811. The van der Waals surface area contributed by atoms with Crippen molar-refractivity contribution in [3.8, 4) is 11.6 Å². The van der Waals surface area contributed by atoms with E-state index in [1.165, 1.54) is 0 Å². The summed E-state index contributed by atoms with van der Waals surface area (Å²) >= 11 is 0. The van der Waals surface area contributed by atoms with Gasteiger partial charge < -0.3 is 14.6 Å². The van der Waals surface area contributed by atoms with Crippen molar-refractivity contribution in [2.75, 3.05) is 0 Å². The van der Waals surface area contributed by atoms with Crippen LogP contribution in [0.5, 0.6) is 11.6 Å². The molecular formula is C18H21N5O. The standard InChI is InChI=1S/C18H21N5O/c1-13-6-7-17(12-21-13)24-18-15(5-4-8-20-18)9-19-10-16-11-22-14(2)23(16)3/h4-8,11-12,19H,9-10H2,1-3H3. The first-order valence-corrected chi connectivity index (χ1v) is 7.86. The van der Waals surface area contributed by atoms with E-state index in [0.717, 1.165) is 29.3 Å². The number of aryl methyl sites for hydroxylation is 2. The highest BCUT2D eigenvalue weighted by Gasteiger charge is 2.07. The Morgan fingerprint density at radius 3 is 2.62 bits per heavy atom. The molecule has 3 rings (SSSR count). The molecule has 124 valence electrons. The number of nitrogens with one attached hydrogen (secondary N) is 1. The average Bonchev–Trinajstić information content (AvgIpc) is 2.90. The zero-order valence-electron chi connectivity index (χ0n) is 14.2. The van der Waals surface area contributed by atoms with E-state index in [4.69, 9.17) is 4.74 Å². The fourth-order valence-corrected chi connectivity index (χ4v) is 2.32. The highest BCUT2D eigenvalue weighted by atomic mass is 16.5. The lowest BCUT2D eigenvalue weighted by molar-refractivity contribution is 0.450. The van der Waals surface area contributed by atoms with Crippen LogP contribution in [0.4, 0.5) is 0 Å². The van der Waals surface area contributed by atoms with E-state index >= 15 is 0 Å². The summed E-state index contributed by atoms with van der Waals surface area (Å²) in [7, 11) is 2.02. The van der Waals surface area contributed by atoms with Gasteiger partial charge >= 0.3 is 0 Å². The summed E-state index contributed by atoms with van der Waals surface area (Å²) in [5.74, 6) is 2.28. The van der Waals surface area contributed by atoms with Gasteiger partial charge in [0.1, 0.15) is 11.6 Å². The molecule has 0 saturated heterocycles. The lowest BCUT2D eigenvalue weighted by atomic mass is 10.2. The first-order chi connectivity index (χ1) is 11.6. The Balaban J connectivity index is 1.65. The Kier molecular flexibility index (Phi) is 4.86. The summed E-state index contributed by atoms with van der Waals surface area (Å²) in [5, 5.41) is 3.41. The van der Waals surface area contributed by atoms with E-state index in [0.29, 0.717) is 18.2 Å². The molecule has 0 aliphatic carbocycles. The van der Waals surface area contributed by atoms with Gasteiger partial charge in [0.15, 0.2) is 0 Å². The molecular weight excluding hydrogens is 302 g/mol. The quantitative estimate of drug-likeness (QED) is 0.755. The monoisotopic (exact) mass is 323 g/mol. The number of rotatable bonds is 6. The van der Waals surface area contributed by atoms with Crippen LogP contribution in [0.2, 0.25) is 0 Å². The zero-order chi connectivity index (χ0) is 16.9. The maximum Gasteiger partial charge on any atom is 0.223 e. The molecule has 3 aromatic rings. The minimum atomic E-state index is 0.594. The van der Waals surface area contributed by atoms with Crippen molar-refractivity contribution in [2.45, 2.75) is 26.9 Å². The van der Waals surface area contributed by atoms with E-state index < -0.39 is 0 Å². The number of imidazole rings is 1. The van der Waals surface area contributed by atoms with Gasteiger partial charge in [-0.15, -0.1) is 0 Å². The highest BCUT2D eigenvalue weighted by molar-refractivity contribution is 5.31. The molecule has 0 atom stereocenters. The van der Waals surface area contributed by atoms with Gasteiger partial charge in [0, 0.05) is 43.8 Å². The number of nitrogens with zero attached hydrogens (tertiary/aromatic N) is 4. The molecule has 6 nitrogen and oxygen atoms in total. The van der Waals surface area contributed by atoms with Crippen LogP contribution in [0.15, 0.2) is 42.9 Å². The molecule has 3 aromatic heterocycles. The Labute approximate surface area is 141 Å². The minimum Gasteiger partial charge on any atom is -0.437 e. The van der Waals surface area contributed by atoms with Crippen LogP contribution in [0, 0.1) is 13.8 Å². The van der Waals surface area contributed by atoms with Crippen LogP contribution < -0.4 is 10.1 Å². The topological polar surface area (TPSA) is 64.9 Å². The Morgan fingerprint density at radius 2 is 1.92 bits per heavy atom. The van der Waals surface area contributed by atoms with Crippen LogP contribution in [0.1, 0.15) is 22.8 Å². The molecule has 0 fully saturated rings. The lowest BCUT2D eigenvalue weighted by Crippen LogP contribution is -2.16. The van der Waals surface area contributed by atoms with Crippen molar-refractivity contribution in [2.24, 2.45) is 7.05 Å². The van der Waals surface area contributed by atoms with Crippen LogP contribution in [-0.2, 0) is 20.1 Å². The van der Waals surface area contributed by atoms with Gasteiger partial charge in [0.2, 0.25) is 5.88 Å². The first-order valence-electron chi connectivity index (χ1n) is 7.86. The van der Waals surface area contributed by atoms with Gasteiger partial charge in [-0.25, -0.2) is 9.97 Å². The lowest BCUT2D eigenvalue weighted by Gasteiger charge is -2.11. The second-order valence-electron chi connectivity index (χ2n) is 5.66. The molecule has 0 amide bonds. The van der Waals surface area contributed by atoms with Crippen LogP contribution >= 0.6 is 0 Å². The second-order valence-corrected chi connectivity index (χ2v) is 5.66. The normalized spacial score (nSPS) is 10.8. The maximum atomic E-state index is 5.86. The van der Waals surface area contributed by atoms with Gasteiger partial charge in [0.05, 0.1) is 11.9 Å². The smallest absolute Gasteiger partial charge is 0.223 e. The molecule has 0 aromatic carbocycles. The second kappa shape index (κ2) is 7.23. The molecule has 0 radical (unpaired) electrons. The molecule has 24 heavy (non-hydrogen) atoms. The SMILES string of the molecule is Cc1ccc(Oc2ncccc2CNCc2cnc(C)n2C)cn1. The first kappa shape index (κ1) is 16.1. The third kappa shape index (κ3) is 3.78. The summed E-state index contributed by atoms with van der Waals surface area (Å²) in [5.41, 5.74) is 3.09. The van der Waals surface area contributed by atoms with Crippen molar-refractivity contribution in [3.05, 3.63) is 65.6 Å². The number of hydrogen-bond acceptors (Lipinski definition) is 5. The molecule has 0 aliphatic heterocycles. The van der Waals surface area contributed by atoms with Crippen molar-refractivity contribution >= 4 is 0 Å². The largest absolute Gasteiger partial charge is 0.437 e. The van der Waals surface area contributed by atoms with Crippen LogP contribution in [0.25, 0.3) is 0 Å². The highest BCUT2D eigenvalue weighted by Crippen LogP contribution is 2.22. The molecule has 3 heterocycles. The van der Waals surface area contributed by atoms with E-state index in [2.05, 4.69) is 24.8 Å². The zero-order valence-corrected chi connectivity index (χ0v) is 14.2. The average molecular weight is 323 g/mol. The Hall–Kier alpha value is -2.73. The van der Waals surface area contributed by atoms with Gasteiger partial charge in [-0.1, -0.05) is 6.07 Å². The third-order valence-electron chi connectivity index (χ3n) is 3.89. The molecule has 0 aliphatic rings. The van der Waals surface area contributed by atoms with Gasteiger partial charge in [-0.3, -0.25) is 4.98 Å². The molecule has 0 spiro atoms. The summed E-state index contributed by atoms with van der Waals surface area (Å²) < 4.78 is 7.94. The summed E-state index contributed by atoms with van der Waals surface area (Å²) in [6.07, 6.45) is 5.32. The van der Waals surface area contributed by atoms with E-state index in [9.17, 15) is 0 Å². The third-order valence-corrected chi connectivity index (χ3v) is 3.89. The Morgan fingerprint density at radius 1 is 1.04 bits per heavy atom. The summed E-state index contributed by atoms with van der Waals surface area (Å²) in [6, 6.07) is 7.73. The van der Waals surface area contributed by atoms with Gasteiger partial charge in [-0.2, -0.15) is 0 Å². The maximum absolute atomic E-state index is 5.86.